The fourth-order valence-electron chi connectivity index (χ4n) is 2.93. The number of aromatic amines is 1. The van der Waals surface area contributed by atoms with Crippen LogP contribution in [0.5, 0.6) is 0 Å². The highest BCUT2D eigenvalue weighted by atomic mass is 32.2. The molecule has 114 valence electrons. The summed E-state index contributed by atoms with van der Waals surface area (Å²) in [6, 6.07) is -0.0558. The van der Waals surface area contributed by atoms with Crippen LogP contribution in [-0.4, -0.2) is 29.8 Å². The van der Waals surface area contributed by atoms with E-state index in [1.165, 1.54) is 0 Å². The van der Waals surface area contributed by atoms with Gasteiger partial charge >= 0.3 is 0 Å². The number of hydrogen-bond donors (Lipinski definition) is 3. The van der Waals surface area contributed by atoms with Crippen molar-refractivity contribution < 1.29 is 13.5 Å². The van der Waals surface area contributed by atoms with Crippen LogP contribution in [0.4, 0.5) is 0 Å². The maximum absolute atomic E-state index is 12.4. The normalized spacial score (nSPS) is 27.7. The predicted octanol–water partition coefficient (Wildman–Crippen LogP) is 1.31. The van der Waals surface area contributed by atoms with E-state index in [2.05, 4.69) is 28.8 Å². The van der Waals surface area contributed by atoms with Crippen LogP contribution in [-0.2, 0) is 16.6 Å². The Morgan fingerprint density at radius 3 is 2.70 bits per heavy atom. The molecule has 0 saturated heterocycles. The largest absolute Gasteiger partial charge is 0.392 e. The van der Waals surface area contributed by atoms with Gasteiger partial charge in [-0.05, 0) is 38.0 Å². The fraction of sp³-hybridized carbons (Fsp3) is 0.769. The highest BCUT2D eigenvalue weighted by Gasteiger charge is 2.31. The van der Waals surface area contributed by atoms with Gasteiger partial charge in [-0.15, -0.1) is 0 Å². The molecular weight excluding hydrogens is 278 g/mol. The molecule has 2 rings (SSSR count). The molecule has 6 nitrogen and oxygen atoms in total. The molecule has 3 unspecified atom stereocenters. The quantitative estimate of drug-likeness (QED) is 0.781. The summed E-state index contributed by atoms with van der Waals surface area (Å²) in [5, 5.41) is 15.7. The highest BCUT2D eigenvalue weighted by molar-refractivity contribution is 7.89. The van der Waals surface area contributed by atoms with Crippen molar-refractivity contribution in [1.82, 2.24) is 14.9 Å². The van der Waals surface area contributed by atoms with Crippen molar-refractivity contribution in [2.75, 3.05) is 0 Å². The number of aliphatic hydroxyl groups excluding tert-OH is 1. The molecule has 7 heteroatoms. The number of aliphatic hydroxyl groups is 1. The van der Waals surface area contributed by atoms with Crippen LogP contribution in [0.2, 0.25) is 0 Å². The number of rotatable bonds is 4. The van der Waals surface area contributed by atoms with Gasteiger partial charge in [-0.1, -0.05) is 13.8 Å². The van der Waals surface area contributed by atoms with Crippen molar-refractivity contribution in [2.45, 2.75) is 57.7 Å². The van der Waals surface area contributed by atoms with Crippen molar-refractivity contribution in [3.05, 3.63) is 11.3 Å². The van der Waals surface area contributed by atoms with E-state index in [-0.39, 0.29) is 17.7 Å². The van der Waals surface area contributed by atoms with Crippen molar-refractivity contribution >= 4 is 10.0 Å². The summed E-state index contributed by atoms with van der Waals surface area (Å²) in [5.74, 6) is 0.956. The summed E-state index contributed by atoms with van der Waals surface area (Å²) < 4.78 is 27.6. The molecular formula is C13H23N3O3S. The van der Waals surface area contributed by atoms with Gasteiger partial charge in [0, 0.05) is 17.3 Å². The van der Waals surface area contributed by atoms with E-state index in [0.29, 0.717) is 23.1 Å². The topological polar surface area (TPSA) is 95.1 Å². The summed E-state index contributed by atoms with van der Waals surface area (Å²) in [6.07, 6.45) is 2.91. The molecule has 0 aromatic carbocycles. The molecule has 3 N–H and O–H groups in total. The molecule has 0 aliphatic heterocycles. The van der Waals surface area contributed by atoms with Gasteiger partial charge in [0.25, 0.3) is 10.0 Å². The Labute approximate surface area is 120 Å². The maximum atomic E-state index is 12.4. The predicted molar refractivity (Wildman–Crippen MR) is 75.5 cm³/mol. The minimum atomic E-state index is -3.68. The third kappa shape index (κ3) is 3.05. The summed E-state index contributed by atoms with van der Waals surface area (Å²) in [7, 11) is -3.68. The van der Waals surface area contributed by atoms with Gasteiger partial charge in [0.1, 0.15) is 0 Å². The Bertz CT molecular complexity index is 567. The first-order chi connectivity index (χ1) is 9.35. The fourth-order valence-corrected chi connectivity index (χ4v) is 4.50. The van der Waals surface area contributed by atoms with Crippen LogP contribution in [0.15, 0.2) is 5.03 Å². The Balaban J connectivity index is 2.19. The summed E-state index contributed by atoms with van der Waals surface area (Å²) in [6.45, 7) is 5.63. The lowest BCUT2D eigenvalue weighted by Gasteiger charge is -2.32. The van der Waals surface area contributed by atoms with Crippen molar-refractivity contribution in [2.24, 2.45) is 11.8 Å². The van der Waals surface area contributed by atoms with E-state index in [9.17, 15) is 13.5 Å². The molecule has 1 fully saturated rings. The zero-order chi connectivity index (χ0) is 14.9. The number of hydrogen-bond acceptors (Lipinski definition) is 4. The van der Waals surface area contributed by atoms with Crippen LogP contribution >= 0.6 is 0 Å². The van der Waals surface area contributed by atoms with Crippen molar-refractivity contribution in [3.8, 4) is 0 Å². The molecule has 0 amide bonds. The highest BCUT2D eigenvalue weighted by Crippen LogP contribution is 2.29. The van der Waals surface area contributed by atoms with Gasteiger partial charge in [-0.3, -0.25) is 5.10 Å². The molecule has 1 aliphatic carbocycles. The SMILES string of the molecule is Cc1[nH]nc(S(=O)(=O)NC2CCC(C)CC2C)c1CO. The van der Waals surface area contributed by atoms with E-state index in [1.54, 1.807) is 6.92 Å². The van der Waals surface area contributed by atoms with E-state index in [0.717, 1.165) is 19.3 Å². The molecule has 1 heterocycles. The second-order valence-corrected chi connectivity index (χ2v) is 7.54. The molecule has 20 heavy (non-hydrogen) atoms. The Kier molecular flexibility index (Phi) is 4.51. The van der Waals surface area contributed by atoms with Crippen LogP contribution in [0.3, 0.4) is 0 Å². The third-order valence-electron chi connectivity index (χ3n) is 4.19. The molecule has 1 aliphatic rings. The molecule has 0 bridgehead atoms. The number of aryl methyl sites for hydroxylation is 1. The minimum Gasteiger partial charge on any atom is -0.392 e. The second-order valence-electron chi connectivity index (χ2n) is 5.91. The van der Waals surface area contributed by atoms with Crippen molar-refractivity contribution in [3.63, 3.8) is 0 Å². The standard InChI is InChI=1S/C13H23N3O3S/c1-8-4-5-12(9(2)6-8)16-20(18,19)13-11(7-17)10(3)14-15-13/h8-9,12,16-17H,4-7H2,1-3H3,(H,14,15). The third-order valence-corrected chi connectivity index (χ3v) is 5.65. The van der Waals surface area contributed by atoms with Crippen LogP contribution in [0.25, 0.3) is 0 Å². The zero-order valence-corrected chi connectivity index (χ0v) is 13.0. The van der Waals surface area contributed by atoms with Gasteiger partial charge in [0.2, 0.25) is 0 Å². The van der Waals surface area contributed by atoms with Crippen LogP contribution in [0.1, 0.15) is 44.4 Å². The van der Waals surface area contributed by atoms with E-state index < -0.39 is 10.0 Å². The summed E-state index contributed by atoms with van der Waals surface area (Å²) >= 11 is 0. The average Bonchev–Trinajstić information content (AvgIpc) is 2.74. The van der Waals surface area contributed by atoms with Gasteiger partial charge in [-0.2, -0.15) is 5.10 Å². The number of nitrogens with one attached hydrogen (secondary N) is 2. The Morgan fingerprint density at radius 2 is 2.10 bits per heavy atom. The molecule has 3 atom stereocenters. The number of sulfonamides is 1. The lowest BCUT2D eigenvalue weighted by molar-refractivity contribution is 0.248. The average molecular weight is 301 g/mol. The monoisotopic (exact) mass is 301 g/mol. The Morgan fingerprint density at radius 1 is 1.40 bits per heavy atom. The van der Waals surface area contributed by atoms with Crippen LogP contribution < -0.4 is 4.72 Å². The summed E-state index contributed by atoms with van der Waals surface area (Å²) in [4.78, 5) is 0. The first-order valence-corrected chi connectivity index (χ1v) is 8.50. The van der Waals surface area contributed by atoms with Crippen LogP contribution in [0, 0.1) is 18.8 Å². The number of H-pyrrole nitrogens is 1. The van der Waals surface area contributed by atoms with Gasteiger partial charge in [0.15, 0.2) is 5.03 Å². The zero-order valence-electron chi connectivity index (χ0n) is 12.2. The molecule has 0 radical (unpaired) electrons. The first kappa shape index (κ1) is 15.5. The minimum absolute atomic E-state index is 0.0558. The van der Waals surface area contributed by atoms with E-state index >= 15 is 0 Å². The number of nitrogens with zero attached hydrogens (tertiary/aromatic N) is 1. The first-order valence-electron chi connectivity index (χ1n) is 7.02. The van der Waals surface area contributed by atoms with Gasteiger partial charge in [0.05, 0.1) is 6.61 Å². The maximum Gasteiger partial charge on any atom is 0.260 e. The lowest BCUT2D eigenvalue weighted by Crippen LogP contribution is -2.42. The van der Waals surface area contributed by atoms with E-state index in [4.69, 9.17) is 0 Å². The number of aromatic nitrogens is 2. The molecule has 1 aromatic rings. The molecule has 0 spiro atoms. The summed E-state index contributed by atoms with van der Waals surface area (Å²) in [5.41, 5.74) is 0.924. The molecule has 1 saturated carbocycles. The van der Waals surface area contributed by atoms with Gasteiger partial charge < -0.3 is 5.11 Å². The second kappa shape index (κ2) is 5.83. The van der Waals surface area contributed by atoms with E-state index in [1.807, 2.05) is 0 Å². The van der Waals surface area contributed by atoms with Gasteiger partial charge in [-0.25, -0.2) is 13.1 Å². The smallest absolute Gasteiger partial charge is 0.260 e. The Hall–Kier alpha value is -0.920. The van der Waals surface area contributed by atoms with Crippen molar-refractivity contribution in [1.29, 1.82) is 0 Å². The lowest BCUT2D eigenvalue weighted by atomic mass is 9.80. The molecule has 1 aromatic heterocycles.